The summed E-state index contributed by atoms with van der Waals surface area (Å²) in [6.07, 6.45) is -0.0721. The predicted octanol–water partition coefficient (Wildman–Crippen LogP) is 6.43. The second-order valence-corrected chi connectivity index (χ2v) is 17.2. The highest BCUT2D eigenvalue weighted by atomic mass is 28.4. The summed E-state index contributed by atoms with van der Waals surface area (Å²) in [6, 6.07) is 17.1. The topological polar surface area (TPSA) is 93.7 Å². The van der Waals surface area contributed by atoms with E-state index in [9.17, 15) is 14.4 Å². The van der Waals surface area contributed by atoms with E-state index in [0.29, 0.717) is 0 Å². The van der Waals surface area contributed by atoms with Crippen LogP contribution < -0.4 is 10.6 Å². The molecule has 0 unspecified atom stereocenters. The second kappa shape index (κ2) is 15.6. The van der Waals surface area contributed by atoms with Crippen LogP contribution in [-0.4, -0.2) is 45.0 Å². The van der Waals surface area contributed by atoms with Crippen molar-refractivity contribution in [1.29, 1.82) is 0 Å². The number of amides is 2. The van der Waals surface area contributed by atoms with Gasteiger partial charge in [0.2, 0.25) is 5.91 Å². The first kappa shape index (κ1) is 33.1. The SMILES string of the molecule is CC(C)COC(=O)[C@H](Cc1ccccc1)NC(=O)[C@H](Cc1ccccc1)NC(=O)O[Si](C(C)C)(C(C)C)C(C)C. The van der Waals surface area contributed by atoms with Crippen LogP contribution >= 0.6 is 0 Å². The summed E-state index contributed by atoms with van der Waals surface area (Å²) < 4.78 is 11.8. The van der Waals surface area contributed by atoms with Crippen molar-refractivity contribution in [2.45, 2.75) is 96.9 Å². The van der Waals surface area contributed by atoms with E-state index < -0.39 is 38.4 Å². The first-order valence-corrected chi connectivity index (χ1v) is 16.5. The summed E-state index contributed by atoms with van der Waals surface area (Å²) >= 11 is 0. The number of hydrogen-bond donors (Lipinski definition) is 2. The third-order valence-electron chi connectivity index (χ3n) is 7.31. The van der Waals surface area contributed by atoms with Crippen molar-refractivity contribution in [2.75, 3.05) is 6.61 Å². The monoisotopic (exact) mass is 568 g/mol. The third-order valence-corrected chi connectivity index (χ3v) is 13.3. The van der Waals surface area contributed by atoms with Gasteiger partial charge < -0.3 is 19.8 Å². The third kappa shape index (κ3) is 9.50. The molecular formula is C32H48N2O5Si. The lowest BCUT2D eigenvalue weighted by Gasteiger charge is -2.41. The molecule has 0 spiro atoms. The molecule has 2 N–H and O–H groups in total. The Kier molecular flexibility index (Phi) is 12.9. The summed E-state index contributed by atoms with van der Waals surface area (Å²) in [4.78, 5) is 40.2. The quantitative estimate of drug-likeness (QED) is 0.202. The Balaban J connectivity index is 2.32. The van der Waals surface area contributed by atoms with Crippen LogP contribution in [0.15, 0.2) is 60.7 Å². The fourth-order valence-corrected chi connectivity index (χ4v) is 10.5. The molecule has 0 aromatic heterocycles. The Morgan fingerprint density at radius 2 is 1.12 bits per heavy atom. The molecule has 0 aliphatic rings. The van der Waals surface area contributed by atoms with Gasteiger partial charge >= 0.3 is 12.1 Å². The van der Waals surface area contributed by atoms with Crippen LogP contribution in [0.5, 0.6) is 0 Å². The molecule has 2 aromatic carbocycles. The minimum Gasteiger partial charge on any atom is -0.503 e. The summed E-state index contributed by atoms with van der Waals surface area (Å²) in [5.74, 6) is -0.807. The molecule has 8 heteroatoms. The van der Waals surface area contributed by atoms with Crippen molar-refractivity contribution in [3.8, 4) is 0 Å². The van der Waals surface area contributed by atoms with E-state index in [-0.39, 0.29) is 42.0 Å². The lowest BCUT2D eigenvalue weighted by molar-refractivity contribution is -0.149. The Morgan fingerprint density at radius 1 is 0.675 bits per heavy atom. The molecule has 2 amide bonds. The van der Waals surface area contributed by atoms with E-state index in [1.807, 2.05) is 74.5 Å². The zero-order chi connectivity index (χ0) is 29.9. The van der Waals surface area contributed by atoms with Crippen molar-refractivity contribution in [3.05, 3.63) is 71.8 Å². The van der Waals surface area contributed by atoms with Gasteiger partial charge in [0.1, 0.15) is 12.1 Å². The number of benzene rings is 2. The molecule has 0 saturated heterocycles. The standard InChI is InChI=1S/C32H48N2O5Si/c1-22(2)21-38-31(36)29(20-27-17-13-10-14-18-27)33-30(35)28(19-26-15-11-9-12-16-26)34-32(37)39-40(23(3)4,24(5)6)25(7)8/h9-18,22-25,28-29H,19-21H2,1-8H3,(H,33,35)(H,34,37)/t28-,29-/m0/s1. The molecule has 220 valence electrons. The number of hydrogen-bond acceptors (Lipinski definition) is 5. The fraction of sp³-hybridized carbons (Fsp3) is 0.531. The lowest BCUT2D eigenvalue weighted by Crippen LogP contribution is -2.56. The molecule has 2 rings (SSSR count). The van der Waals surface area contributed by atoms with Gasteiger partial charge in [-0.15, -0.1) is 0 Å². The van der Waals surface area contributed by atoms with Gasteiger partial charge in [0.25, 0.3) is 8.32 Å². The number of carbonyl (C=O) groups excluding carboxylic acids is 3. The Bertz CT molecular complexity index is 1050. The van der Waals surface area contributed by atoms with Gasteiger partial charge in [-0.25, -0.2) is 9.59 Å². The van der Waals surface area contributed by atoms with Crippen LogP contribution in [-0.2, 0) is 31.6 Å². The smallest absolute Gasteiger partial charge is 0.394 e. The highest BCUT2D eigenvalue weighted by Gasteiger charge is 2.48. The molecule has 0 saturated carbocycles. The molecule has 2 atom stereocenters. The predicted molar refractivity (Wildman–Crippen MR) is 162 cm³/mol. The summed E-state index contributed by atoms with van der Waals surface area (Å²) in [5, 5.41) is 5.73. The Labute approximate surface area is 241 Å². The summed E-state index contributed by atoms with van der Waals surface area (Å²) in [5.41, 5.74) is 2.37. The largest absolute Gasteiger partial charge is 0.503 e. The summed E-state index contributed by atoms with van der Waals surface area (Å²) in [7, 11) is -2.52. The first-order valence-electron chi connectivity index (χ1n) is 14.4. The maximum absolute atomic E-state index is 13.7. The van der Waals surface area contributed by atoms with E-state index >= 15 is 0 Å². The molecule has 0 heterocycles. The van der Waals surface area contributed by atoms with Gasteiger partial charge in [-0.05, 0) is 33.7 Å². The average Bonchev–Trinajstić information content (AvgIpc) is 2.90. The molecule has 0 radical (unpaired) electrons. The highest BCUT2D eigenvalue weighted by molar-refractivity contribution is 6.78. The second-order valence-electron chi connectivity index (χ2n) is 11.9. The van der Waals surface area contributed by atoms with Crippen LogP contribution in [0.3, 0.4) is 0 Å². The van der Waals surface area contributed by atoms with Gasteiger partial charge in [-0.3, -0.25) is 4.79 Å². The average molecular weight is 569 g/mol. The zero-order valence-corrected chi connectivity index (χ0v) is 26.4. The molecule has 2 aromatic rings. The molecule has 0 aliphatic heterocycles. The van der Waals surface area contributed by atoms with Crippen molar-refractivity contribution in [1.82, 2.24) is 10.6 Å². The Morgan fingerprint density at radius 3 is 1.55 bits per heavy atom. The van der Waals surface area contributed by atoms with Crippen molar-refractivity contribution >= 4 is 26.3 Å². The van der Waals surface area contributed by atoms with Crippen molar-refractivity contribution in [3.63, 3.8) is 0 Å². The molecular weight excluding hydrogens is 520 g/mol. The van der Waals surface area contributed by atoms with E-state index in [4.69, 9.17) is 9.16 Å². The molecule has 0 aliphatic carbocycles. The van der Waals surface area contributed by atoms with Gasteiger partial charge in [-0.2, -0.15) is 0 Å². The van der Waals surface area contributed by atoms with Gasteiger partial charge in [-0.1, -0.05) is 116 Å². The van der Waals surface area contributed by atoms with Gasteiger partial charge in [0, 0.05) is 12.8 Å². The van der Waals surface area contributed by atoms with Crippen LogP contribution in [0.25, 0.3) is 0 Å². The molecule has 7 nitrogen and oxygen atoms in total. The fourth-order valence-electron chi connectivity index (χ4n) is 5.41. The van der Waals surface area contributed by atoms with E-state index in [2.05, 4.69) is 52.2 Å². The highest BCUT2D eigenvalue weighted by Crippen LogP contribution is 2.42. The molecule has 0 fully saturated rings. The van der Waals surface area contributed by atoms with Gasteiger partial charge in [0.15, 0.2) is 0 Å². The molecule has 40 heavy (non-hydrogen) atoms. The van der Waals surface area contributed by atoms with Gasteiger partial charge in [0.05, 0.1) is 6.61 Å². The number of esters is 1. The minimum absolute atomic E-state index is 0.159. The number of ether oxygens (including phenoxy) is 1. The van der Waals surface area contributed by atoms with E-state index in [1.165, 1.54) is 0 Å². The summed E-state index contributed by atoms with van der Waals surface area (Å²) in [6.45, 7) is 16.8. The van der Waals surface area contributed by atoms with Crippen molar-refractivity contribution in [2.24, 2.45) is 5.92 Å². The Hall–Kier alpha value is -3.13. The number of rotatable bonds is 14. The van der Waals surface area contributed by atoms with Crippen LogP contribution in [0.4, 0.5) is 4.79 Å². The zero-order valence-electron chi connectivity index (χ0n) is 25.4. The molecule has 0 bridgehead atoms. The van der Waals surface area contributed by atoms with Crippen molar-refractivity contribution < 1.29 is 23.5 Å². The normalized spacial score (nSPS) is 13.3. The lowest BCUT2D eigenvalue weighted by atomic mass is 10.0. The van der Waals surface area contributed by atoms with Crippen LogP contribution in [0.1, 0.15) is 66.5 Å². The minimum atomic E-state index is -2.52. The van der Waals surface area contributed by atoms with Crippen LogP contribution in [0, 0.1) is 5.92 Å². The van der Waals surface area contributed by atoms with E-state index in [1.54, 1.807) is 0 Å². The maximum atomic E-state index is 13.7. The number of nitrogens with one attached hydrogen (secondary N) is 2. The van der Waals surface area contributed by atoms with Crippen LogP contribution in [0.2, 0.25) is 16.6 Å². The first-order chi connectivity index (χ1) is 18.9. The van der Waals surface area contributed by atoms with E-state index in [0.717, 1.165) is 11.1 Å². The maximum Gasteiger partial charge on any atom is 0.394 e. The number of carbonyl (C=O) groups is 3.